The molecule has 1 atom stereocenters. The lowest BCUT2D eigenvalue weighted by Crippen LogP contribution is -2.40. The first-order chi connectivity index (χ1) is 14.8. The molecule has 2 aliphatic rings. The van der Waals surface area contributed by atoms with Crippen molar-refractivity contribution in [1.82, 2.24) is 20.4 Å². The molecule has 2 amide bonds. The number of likely N-dealkylation sites (tertiary alicyclic amines) is 1. The van der Waals surface area contributed by atoms with E-state index in [1.54, 1.807) is 0 Å². The van der Waals surface area contributed by atoms with Gasteiger partial charge in [0.15, 0.2) is 5.82 Å². The molecular weight excluding hydrogens is 380 g/mol. The molecule has 1 aromatic heterocycles. The number of nitrogens with zero attached hydrogens (tertiary/aromatic N) is 3. The highest BCUT2D eigenvalue weighted by Gasteiger charge is 2.34. The van der Waals surface area contributed by atoms with Crippen molar-refractivity contribution < 1.29 is 14.1 Å². The van der Waals surface area contributed by atoms with Gasteiger partial charge in [0, 0.05) is 26.1 Å². The zero-order valence-corrected chi connectivity index (χ0v) is 17.6. The Kier molecular flexibility index (Phi) is 7.34. The number of amides is 2. The van der Waals surface area contributed by atoms with Crippen molar-refractivity contribution in [3.63, 3.8) is 0 Å². The third-order valence-corrected chi connectivity index (χ3v) is 6.11. The minimum Gasteiger partial charge on any atom is -0.381 e. The summed E-state index contributed by atoms with van der Waals surface area (Å²) in [5, 5.41) is 7.13. The largest absolute Gasteiger partial charge is 0.381 e. The second-order valence-corrected chi connectivity index (χ2v) is 8.34. The van der Waals surface area contributed by atoms with E-state index in [1.807, 2.05) is 23.1 Å². The molecule has 1 aliphatic heterocycles. The van der Waals surface area contributed by atoms with Crippen LogP contribution < -0.4 is 5.32 Å². The molecule has 1 unspecified atom stereocenters. The summed E-state index contributed by atoms with van der Waals surface area (Å²) in [7, 11) is 0. The van der Waals surface area contributed by atoms with Gasteiger partial charge in [-0.05, 0) is 43.6 Å². The number of urea groups is 1. The van der Waals surface area contributed by atoms with Gasteiger partial charge in [-0.3, -0.25) is 0 Å². The molecular formula is C23H32N4O3. The maximum Gasteiger partial charge on any atom is 0.318 e. The van der Waals surface area contributed by atoms with Crippen LogP contribution in [-0.4, -0.2) is 47.4 Å². The summed E-state index contributed by atoms with van der Waals surface area (Å²) < 4.78 is 11.3. The van der Waals surface area contributed by atoms with Crippen molar-refractivity contribution in [2.75, 3.05) is 26.3 Å². The molecule has 1 N–H and O–H groups in total. The number of ether oxygens (including phenoxy) is 1. The van der Waals surface area contributed by atoms with Gasteiger partial charge in [0.05, 0.1) is 6.61 Å². The third-order valence-electron chi connectivity index (χ3n) is 6.11. The highest BCUT2D eigenvalue weighted by molar-refractivity contribution is 5.74. The molecule has 2 aromatic rings. The first kappa shape index (κ1) is 20.8. The van der Waals surface area contributed by atoms with Crippen molar-refractivity contribution in [2.24, 2.45) is 5.92 Å². The van der Waals surface area contributed by atoms with Gasteiger partial charge in [0.2, 0.25) is 5.89 Å². The van der Waals surface area contributed by atoms with E-state index in [4.69, 9.17) is 9.26 Å². The van der Waals surface area contributed by atoms with Gasteiger partial charge < -0.3 is 19.5 Å². The van der Waals surface area contributed by atoms with Crippen molar-refractivity contribution in [2.45, 2.75) is 57.4 Å². The highest BCUT2D eigenvalue weighted by atomic mass is 16.5. The number of carbonyl (C=O) groups is 1. The van der Waals surface area contributed by atoms with Crippen molar-refractivity contribution in [3.8, 4) is 0 Å². The van der Waals surface area contributed by atoms with Gasteiger partial charge in [-0.15, -0.1) is 0 Å². The van der Waals surface area contributed by atoms with Crippen LogP contribution in [0.3, 0.4) is 0 Å². The third kappa shape index (κ3) is 5.59. The number of rotatable bonds is 9. The second kappa shape index (κ2) is 10.6. The first-order valence-electron chi connectivity index (χ1n) is 11.3. The van der Waals surface area contributed by atoms with E-state index in [0.717, 1.165) is 31.8 Å². The summed E-state index contributed by atoms with van der Waals surface area (Å²) in [6.45, 7) is 2.78. The summed E-state index contributed by atoms with van der Waals surface area (Å²) in [5.41, 5.74) is 1.22. The Morgan fingerprint density at radius 2 is 1.97 bits per heavy atom. The second-order valence-electron chi connectivity index (χ2n) is 8.34. The van der Waals surface area contributed by atoms with E-state index in [0.29, 0.717) is 37.8 Å². The maximum absolute atomic E-state index is 12.7. The van der Waals surface area contributed by atoms with E-state index < -0.39 is 0 Å². The predicted octanol–water partition coefficient (Wildman–Crippen LogP) is 3.91. The molecule has 4 rings (SSSR count). The fourth-order valence-corrected chi connectivity index (χ4v) is 4.42. The number of carbonyl (C=O) groups excluding carboxylic acids is 1. The van der Waals surface area contributed by atoms with Gasteiger partial charge in [0.25, 0.3) is 0 Å². The van der Waals surface area contributed by atoms with Crippen LogP contribution in [0.25, 0.3) is 0 Å². The van der Waals surface area contributed by atoms with Crippen LogP contribution in [0.15, 0.2) is 34.9 Å². The minimum absolute atomic E-state index is 0.0620. The van der Waals surface area contributed by atoms with Crippen LogP contribution in [0.2, 0.25) is 0 Å². The molecule has 0 spiro atoms. The number of hydrogen-bond donors (Lipinski definition) is 1. The van der Waals surface area contributed by atoms with E-state index in [2.05, 4.69) is 27.6 Å². The maximum atomic E-state index is 12.7. The molecule has 1 saturated heterocycles. The van der Waals surface area contributed by atoms with Crippen LogP contribution in [0.5, 0.6) is 0 Å². The average Bonchev–Trinajstić information content (AvgIpc) is 3.53. The molecule has 7 heteroatoms. The smallest absolute Gasteiger partial charge is 0.318 e. The van der Waals surface area contributed by atoms with Crippen LogP contribution >= 0.6 is 0 Å². The number of benzene rings is 1. The molecule has 162 valence electrons. The van der Waals surface area contributed by atoms with Crippen LogP contribution in [0.4, 0.5) is 4.79 Å². The summed E-state index contributed by atoms with van der Waals surface area (Å²) in [4.78, 5) is 19.0. The van der Waals surface area contributed by atoms with Gasteiger partial charge in [-0.25, -0.2) is 4.79 Å². The van der Waals surface area contributed by atoms with E-state index in [9.17, 15) is 4.79 Å². The molecule has 2 fully saturated rings. The normalized spacial score (nSPS) is 19.5. The molecule has 1 aromatic carbocycles. The van der Waals surface area contributed by atoms with Gasteiger partial charge in [0.1, 0.15) is 6.04 Å². The van der Waals surface area contributed by atoms with Crippen LogP contribution in [0.1, 0.15) is 61.8 Å². The number of aromatic nitrogens is 2. The van der Waals surface area contributed by atoms with Crippen molar-refractivity contribution >= 4 is 6.03 Å². The van der Waals surface area contributed by atoms with Gasteiger partial charge >= 0.3 is 6.03 Å². The summed E-state index contributed by atoms with van der Waals surface area (Å²) in [5.74, 6) is 1.92. The fourth-order valence-electron chi connectivity index (χ4n) is 4.42. The SMILES string of the molecule is O=C(NCCc1ccccc1)N1CCCC1c1nc(CCOCC2CCCC2)no1. The Labute approximate surface area is 178 Å². The predicted molar refractivity (Wildman–Crippen MR) is 113 cm³/mol. The Balaban J connectivity index is 1.22. The Bertz CT molecular complexity index is 789. The summed E-state index contributed by atoms with van der Waals surface area (Å²) >= 11 is 0. The molecule has 1 saturated carbocycles. The zero-order valence-electron chi connectivity index (χ0n) is 17.6. The first-order valence-corrected chi connectivity index (χ1v) is 11.3. The fraction of sp³-hybridized carbons (Fsp3) is 0.609. The zero-order chi connectivity index (χ0) is 20.6. The summed E-state index contributed by atoms with van der Waals surface area (Å²) in [6.07, 6.45) is 8.50. The Morgan fingerprint density at radius 3 is 2.80 bits per heavy atom. The van der Waals surface area contributed by atoms with Crippen molar-refractivity contribution in [3.05, 3.63) is 47.6 Å². The molecule has 0 bridgehead atoms. The molecule has 2 heterocycles. The van der Waals surface area contributed by atoms with Crippen LogP contribution in [0, 0.1) is 5.92 Å². The van der Waals surface area contributed by atoms with Crippen LogP contribution in [-0.2, 0) is 17.6 Å². The molecule has 0 radical (unpaired) electrons. The van der Waals surface area contributed by atoms with Gasteiger partial charge in [-0.2, -0.15) is 4.98 Å². The van der Waals surface area contributed by atoms with Gasteiger partial charge in [-0.1, -0.05) is 48.3 Å². The summed E-state index contributed by atoms with van der Waals surface area (Å²) in [6, 6.07) is 9.97. The van der Waals surface area contributed by atoms with E-state index in [1.165, 1.54) is 31.2 Å². The lowest BCUT2D eigenvalue weighted by Gasteiger charge is -2.22. The van der Waals surface area contributed by atoms with Crippen molar-refractivity contribution in [1.29, 1.82) is 0 Å². The Hall–Kier alpha value is -2.41. The quantitative estimate of drug-likeness (QED) is 0.632. The topological polar surface area (TPSA) is 80.5 Å². The minimum atomic E-state index is -0.137. The molecule has 1 aliphatic carbocycles. The lowest BCUT2D eigenvalue weighted by atomic mass is 10.1. The monoisotopic (exact) mass is 412 g/mol. The number of hydrogen-bond acceptors (Lipinski definition) is 5. The Morgan fingerprint density at radius 1 is 1.13 bits per heavy atom. The lowest BCUT2D eigenvalue weighted by molar-refractivity contribution is 0.102. The number of nitrogens with one attached hydrogen (secondary N) is 1. The van der Waals surface area contributed by atoms with E-state index in [-0.39, 0.29) is 12.1 Å². The van der Waals surface area contributed by atoms with E-state index >= 15 is 0 Å². The average molecular weight is 413 g/mol. The highest BCUT2D eigenvalue weighted by Crippen LogP contribution is 2.31. The molecule has 7 nitrogen and oxygen atoms in total. The standard InChI is InChI=1S/C23H32N4O3/c28-23(24-14-12-18-7-2-1-3-8-18)27-15-6-11-20(27)22-25-21(26-30-22)13-16-29-17-19-9-4-5-10-19/h1-3,7-8,19-20H,4-6,9-17H2,(H,24,28). The molecule has 30 heavy (non-hydrogen) atoms.